The van der Waals surface area contributed by atoms with Crippen LogP contribution in [0.3, 0.4) is 0 Å². The molecule has 0 saturated carbocycles. The van der Waals surface area contributed by atoms with Crippen molar-refractivity contribution in [3.05, 3.63) is 216 Å². The second-order valence-electron chi connectivity index (χ2n) is 16.5. The van der Waals surface area contributed by atoms with E-state index < -0.39 is 0 Å². The largest absolute Gasteiger partial charge is 0.0842 e. The molecule has 0 saturated heterocycles. The maximum absolute atomic E-state index is 2.54. The minimum Gasteiger partial charge on any atom is -0.0842 e. The van der Waals surface area contributed by atoms with Gasteiger partial charge in [-0.3, -0.25) is 0 Å². The highest BCUT2D eigenvalue weighted by Gasteiger charge is 2.27. The van der Waals surface area contributed by atoms with Gasteiger partial charge in [0.25, 0.3) is 0 Å². The molecule has 8 aromatic rings. The van der Waals surface area contributed by atoms with Gasteiger partial charge in [0.15, 0.2) is 0 Å². The summed E-state index contributed by atoms with van der Waals surface area (Å²) in [7, 11) is 0. The molecule has 1 atom stereocenters. The van der Waals surface area contributed by atoms with Crippen molar-refractivity contribution in [2.24, 2.45) is 0 Å². The van der Waals surface area contributed by atoms with Gasteiger partial charge in [0, 0.05) is 0 Å². The van der Waals surface area contributed by atoms with Gasteiger partial charge in [-0.15, -0.1) is 0 Å². The van der Waals surface area contributed by atoms with Crippen molar-refractivity contribution in [1.82, 2.24) is 0 Å². The summed E-state index contributed by atoms with van der Waals surface area (Å²) in [6.07, 6.45) is 20.6. The van der Waals surface area contributed by atoms with E-state index in [1.807, 2.05) is 41.5 Å². The third-order valence-electron chi connectivity index (χ3n) is 12.9. The molecule has 66 heavy (non-hydrogen) atoms. The molecule has 0 spiro atoms. The summed E-state index contributed by atoms with van der Waals surface area (Å²) in [6, 6.07) is 56.4. The third kappa shape index (κ3) is 9.21. The molecule has 0 bridgehead atoms. The number of hydrogen-bond donors (Lipinski definition) is 0. The van der Waals surface area contributed by atoms with E-state index in [0.717, 1.165) is 25.7 Å². The number of hydrogen-bond acceptors (Lipinski definition) is 0. The average molecular weight is 861 g/mol. The average Bonchev–Trinajstić information content (AvgIpc) is 3.40. The second kappa shape index (κ2) is 22.4. The van der Waals surface area contributed by atoms with Gasteiger partial charge in [-0.2, -0.15) is 0 Å². The first-order valence-electron chi connectivity index (χ1n) is 24.8. The van der Waals surface area contributed by atoms with Gasteiger partial charge in [0.2, 0.25) is 0 Å². The van der Waals surface area contributed by atoms with Crippen LogP contribution in [0.4, 0.5) is 0 Å². The molecule has 0 fully saturated rings. The number of fused-ring (bicyclic) bond motifs is 4. The SMILES string of the molecule is C/C=C(\C=C/CC)c1c2c(c(-c3ccc4c(-c5ccc(-c6ccccc6)cc5)c5ccccc5c(C5=CC=C(c6ccccc6)CC5)c4c3)c3ccccc13)C=CCC2C.CC.CC.CC. The lowest BCUT2D eigenvalue weighted by molar-refractivity contribution is 0.771. The molecule has 0 heterocycles. The Balaban J connectivity index is 0.00000104. The number of allylic oxidation sites excluding steroid dienone is 9. The number of rotatable bonds is 8. The molecule has 2 aliphatic carbocycles. The maximum atomic E-state index is 2.54. The van der Waals surface area contributed by atoms with Gasteiger partial charge in [0.05, 0.1) is 0 Å². The third-order valence-corrected chi connectivity index (χ3v) is 12.9. The molecule has 0 amide bonds. The molecule has 8 aromatic carbocycles. The lowest BCUT2D eigenvalue weighted by Gasteiger charge is -2.28. The van der Waals surface area contributed by atoms with Gasteiger partial charge in [-0.05, 0) is 155 Å². The molecule has 0 radical (unpaired) electrons. The molecule has 0 heteroatoms. The minimum absolute atomic E-state index is 0.400. The highest BCUT2D eigenvalue weighted by molar-refractivity contribution is 6.20. The van der Waals surface area contributed by atoms with Crippen molar-refractivity contribution < 1.29 is 0 Å². The highest BCUT2D eigenvalue weighted by Crippen LogP contribution is 2.50. The van der Waals surface area contributed by atoms with E-state index in [4.69, 9.17) is 0 Å². The van der Waals surface area contributed by atoms with Crippen LogP contribution in [0.2, 0.25) is 0 Å². The zero-order valence-corrected chi connectivity index (χ0v) is 40.9. The molecule has 2 aliphatic rings. The van der Waals surface area contributed by atoms with Crippen molar-refractivity contribution in [3.8, 4) is 33.4 Å². The van der Waals surface area contributed by atoms with Crippen molar-refractivity contribution in [2.45, 2.75) is 93.9 Å². The van der Waals surface area contributed by atoms with Crippen LogP contribution in [-0.2, 0) is 0 Å². The van der Waals surface area contributed by atoms with Crippen molar-refractivity contribution in [3.63, 3.8) is 0 Å². The molecule has 10 rings (SSSR count). The van der Waals surface area contributed by atoms with Crippen LogP contribution >= 0.6 is 0 Å². The van der Waals surface area contributed by atoms with Crippen LogP contribution in [0.25, 0.3) is 88.5 Å². The Bertz CT molecular complexity index is 3070. The van der Waals surface area contributed by atoms with E-state index in [-0.39, 0.29) is 0 Å². The van der Waals surface area contributed by atoms with Gasteiger partial charge < -0.3 is 0 Å². The van der Waals surface area contributed by atoms with Crippen molar-refractivity contribution in [2.75, 3.05) is 0 Å². The summed E-state index contributed by atoms with van der Waals surface area (Å²) in [5, 5.41) is 7.84. The normalized spacial score (nSPS) is 14.3. The Morgan fingerprint density at radius 3 is 1.61 bits per heavy atom. The molecular formula is C66H68. The molecule has 0 N–H and O–H groups in total. The van der Waals surface area contributed by atoms with Crippen LogP contribution in [0.5, 0.6) is 0 Å². The zero-order chi connectivity index (χ0) is 46.6. The fourth-order valence-corrected chi connectivity index (χ4v) is 10.1. The van der Waals surface area contributed by atoms with Crippen molar-refractivity contribution in [1.29, 1.82) is 0 Å². The summed E-state index contributed by atoms with van der Waals surface area (Å²) >= 11 is 0. The standard InChI is InChI=1S/C60H50.3C2H6/c1-4-6-19-41(5-2)60-52-27-16-15-26-51(52)59(54-28-17-18-40(3)56(54)60)48-37-38-53-55(39-48)58(47-35-31-45(32-36-47)43-22-11-8-12-23-43)50-25-14-13-24-49(50)57(53)46-33-29-44(30-34-46)42-20-9-7-10-21-42;3*1-2/h5-17,19-31,33-35,37-40H,4,18,32,36H2,1-3H3;3*1-2H3/b19-6-,41-5+;;;. The quantitative estimate of drug-likeness (QED) is 0.105. The first kappa shape index (κ1) is 47.2. The fourth-order valence-electron chi connectivity index (χ4n) is 10.1. The van der Waals surface area contributed by atoms with E-state index in [9.17, 15) is 0 Å². The minimum atomic E-state index is 0.400. The lowest BCUT2D eigenvalue weighted by atomic mass is 9.75. The Morgan fingerprint density at radius 2 is 1.00 bits per heavy atom. The molecule has 1 unspecified atom stereocenters. The number of benzene rings is 8. The molecule has 0 aromatic heterocycles. The van der Waals surface area contributed by atoms with E-state index in [0.29, 0.717) is 5.92 Å². The Hall–Kier alpha value is -6.76. The lowest BCUT2D eigenvalue weighted by Crippen LogP contribution is -2.08. The van der Waals surface area contributed by atoms with Crippen molar-refractivity contribution >= 4 is 55.1 Å². The Morgan fingerprint density at radius 1 is 0.500 bits per heavy atom. The monoisotopic (exact) mass is 861 g/mol. The summed E-state index contributed by atoms with van der Waals surface area (Å²) in [6.45, 7) is 18.8. The van der Waals surface area contributed by atoms with Gasteiger partial charge in [-0.25, -0.2) is 0 Å². The molecule has 0 nitrogen and oxygen atoms in total. The van der Waals surface area contributed by atoms with Crippen LogP contribution in [0.15, 0.2) is 188 Å². The van der Waals surface area contributed by atoms with E-state index in [1.54, 1.807) is 0 Å². The Labute approximate surface area is 396 Å². The molecule has 0 aliphatic heterocycles. The predicted octanol–water partition coefficient (Wildman–Crippen LogP) is 20.4. The molecular weight excluding hydrogens is 793 g/mol. The van der Waals surface area contributed by atoms with Crippen LogP contribution in [0, 0.1) is 0 Å². The van der Waals surface area contributed by atoms with Crippen LogP contribution < -0.4 is 0 Å². The van der Waals surface area contributed by atoms with Gasteiger partial charge >= 0.3 is 0 Å². The van der Waals surface area contributed by atoms with Crippen LogP contribution in [-0.4, -0.2) is 0 Å². The van der Waals surface area contributed by atoms with Gasteiger partial charge in [0.1, 0.15) is 0 Å². The first-order valence-corrected chi connectivity index (χ1v) is 24.8. The summed E-state index contributed by atoms with van der Waals surface area (Å²) in [5.74, 6) is 0.400. The van der Waals surface area contributed by atoms with E-state index >= 15 is 0 Å². The van der Waals surface area contributed by atoms with Gasteiger partial charge in [-0.1, -0.05) is 244 Å². The maximum Gasteiger partial charge on any atom is -0.00264 e. The zero-order valence-electron chi connectivity index (χ0n) is 40.9. The fraction of sp³-hybridized carbons (Fsp3) is 0.212. The summed E-state index contributed by atoms with van der Waals surface area (Å²) in [4.78, 5) is 0. The topological polar surface area (TPSA) is 0 Å². The smallest absolute Gasteiger partial charge is 0.00264 e. The van der Waals surface area contributed by atoms with E-state index in [1.165, 1.54) is 110 Å². The van der Waals surface area contributed by atoms with Crippen LogP contribution in [0.1, 0.15) is 122 Å². The Kier molecular flexibility index (Phi) is 16.0. The summed E-state index contributed by atoms with van der Waals surface area (Å²) < 4.78 is 0. The highest BCUT2D eigenvalue weighted by atomic mass is 14.3. The molecule has 332 valence electrons. The summed E-state index contributed by atoms with van der Waals surface area (Å²) in [5.41, 5.74) is 18.6. The second-order valence-corrected chi connectivity index (χ2v) is 16.5. The predicted molar refractivity (Wildman–Crippen MR) is 296 cm³/mol. The first-order chi connectivity index (χ1) is 32.6. The van der Waals surface area contributed by atoms with E-state index in [2.05, 4.69) is 215 Å².